The molecule has 5 rings (SSSR count). The highest BCUT2D eigenvalue weighted by atomic mass is 16.6. The van der Waals surface area contributed by atoms with Gasteiger partial charge in [0.1, 0.15) is 11.9 Å². The number of piperazine rings is 1. The smallest absolute Gasteiger partial charge is 0.311 e. The first-order valence-corrected chi connectivity index (χ1v) is 12.0. The minimum absolute atomic E-state index is 0.0195. The number of methoxy groups -OCH3 is 1. The van der Waals surface area contributed by atoms with E-state index in [1.54, 1.807) is 12.7 Å². The monoisotopic (exact) mass is 424 g/mol. The largest absolute Gasteiger partial charge is 0.495 e. The highest BCUT2D eigenvalue weighted by Crippen LogP contribution is 2.54. The van der Waals surface area contributed by atoms with Crippen molar-refractivity contribution in [3.63, 3.8) is 0 Å². The van der Waals surface area contributed by atoms with E-state index in [4.69, 9.17) is 9.47 Å². The van der Waals surface area contributed by atoms with Crippen molar-refractivity contribution in [3.05, 3.63) is 35.9 Å². The number of fused-ring (bicyclic) bond motifs is 2. The number of carbonyl (C=O) groups is 1. The van der Waals surface area contributed by atoms with Crippen molar-refractivity contribution in [1.29, 1.82) is 0 Å². The van der Waals surface area contributed by atoms with Crippen LogP contribution in [-0.2, 0) is 9.53 Å². The van der Waals surface area contributed by atoms with Crippen LogP contribution in [0.4, 0.5) is 5.69 Å². The number of rotatable bonds is 4. The van der Waals surface area contributed by atoms with Crippen LogP contribution in [0.1, 0.15) is 39.5 Å². The molecule has 5 heteroatoms. The number of hydrogen-bond acceptors (Lipinski definition) is 5. The van der Waals surface area contributed by atoms with E-state index in [-0.39, 0.29) is 29.3 Å². The Bertz CT molecular complexity index is 860. The van der Waals surface area contributed by atoms with Crippen LogP contribution < -0.4 is 9.64 Å². The average Bonchev–Trinajstić information content (AvgIpc) is 3.06. The van der Waals surface area contributed by atoms with E-state index in [0.29, 0.717) is 5.92 Å². The zero-order chi connectivity index (χ0) is 21.6. The fourth-order valence-electron chi connectivity index (χ4n) is 6.60. The Morgan fingerprint density at radius 1 is 1.19 bits per heavy atom. The highest BCUT2D eigenvalue weighted by Gasteiger charge is 2.52. The fourth-order valence-corrected chi connectivity index (χ4v) is 6.60. The molecule has 0 bridgehead atoms. The van der Waals surface area contributed by atoms with E-state index in [2.05, 4.69) is 41.9 Å². The van der Waals surface area contributed by atoms with Crippen LogP contribution in [-0.4, -0.2) is 56.8 Å². The van der Waals surface area contributed by atoms with Gasteiger partial charge in [0.25, 0.3) is 0 Å². The van der Waals surface area contributed by atoms with Gasteiger partial charge < -0.3 is 14.4 Å². The summed E-state index contributed by atoms with van der Waals surface area (Å²) in [5.74, 6) is 1.82. The fraction of sp³-hybridized carbons (Fsp3) is 0.654. The lowest BCUT2D eigenvalue weighted by Gasteiger charge is -2.46. The Hall–Kier alpha value is -2.01. The van der Waals surface area contributed by atoms with Gasteiger partial charge in [-0.2, -0.15) is 0 Å². The van der Waals surface area contributed by atoms with Gasteiger partial charge in [-0.1, -0.05) is 44.1 Å². The minimum Gasteiger partial charge on any atom is -0.495 e. The molecule has 2 heterocycles. The minimum atomic E-state index is -0.0195. The number of esters is 1. The maximum absolute atomic E-state index is 12.9. The molecule has 1 aromatic carbocycles. The Balaban J connectivity index is 1.26. The molecule has 0 spiro atoms. The molecule has 5 nitrogen and oxygen atoms in total. The topological polar surface area (TPSA) is 42.0 Å². The molecule has 0 aromatic heterocycles. The standard InChI is InChI=1S/C26H36N2O3/c1-18-7-6-10-26(2)16-24-19(15-21(18)26)20(25(29)31-24)17-27-11-13-28(14-12-27)22-8-4-5-9-23(22)30-3/h4-5,8-9,15,18-20,24H,6-7,10-14,16-17H2,1-3H3. The summed E-state index contributed by atoms with van der Waals surface area (Å²) in [6.07, 6.45) is 7.37. The third-order valence-electron chi connectivity index (χ3n) is 8.33. The van der Waals surface area contributed by atoms with E-state index in [9.17, 15) is 4.79 Å². The molecule has 5 atom stereocenters. The summed E-state index contributed by atoms with van der Waals surface area (Å²) in [5, 5.41) is 0. The van der Waals surface area contributed by atoms with Crippen LogP contribution >= 0.6 is 0 Å². The molecule has 0 amide bonds. The number of hydrogen-bond donors (Lipinski definition) is 0. The van der Waals surface area contributed by atoms with E-state index >= 15 is 0 Å². The van der Waals surface area contributed by atoms with Crippen LogP contribution in [0.15, 0.2) is 35.9 Å². The first-order chi connectivity index (χ1) is 15.0. The molecule has 5 unspecified atom stereocenters. The molecule has 0 N–H and O–H groups in total. The predicted molar refractivity (Wildman–Crippen MR) is 122 cm³/mol. The molecule has 168 valence electrons. The van der Waals surface area contributed by atoms with Gasteiger partial charge >= 0.3 is 5.97 Å². The van der Waals surface area contributed by atoms with Gasteiger partial charge in [-0.15, -0.1) is 0 Å². The first-order valence-electron chi connectivity index (χ1n) is 12.0. The predicted octanol–water partition coefficient (Wildman–Crippen LogP) is 4.13. The summed E-state index contributed by atoms with van der Waals surface area (Å²) in [5.41, 5.74) is 2.99. The molecule has 3 fully saturated rings. The summed E-state index contributed by atoms with van der Waals surface area (Å²) >= 11 is 0. The Morgan fingerprint density at radius 2 is 1.97 bits per heavy atom. The Morgan fingerprint density at radius 3 is 2.74 bits per heavy atom. The molecule has 31 heavy (non-hydrogen) atoms. The average molecular weight is 425 g/mol. The molecule has 2 saturated heterocycles. The maximum atomic E-state index is 12.9. The van der Waals surface area contributed by atoms with Crippen LogP contribution in [0.2, 0.25) is 0 Å². The van der Waals surface area contributed by atoms with Crippen molar-refractivity contribution in [2.75, 3.05) is 44.7 Å². The van der Waals surface area contributed by atoms with E-state index in [1.165, 1.54) is 19.3 Å². The Labute approximate surface area is 186 Å². The van der Waals surface area contributed by atoms with Crippen LogP contribution in [0.25, 0.3) is 0 Å². The summed E-state index contributed by atoms with van der Waals surface area (Å²) in [6, 6.07) is 8.23. The second-order valence-electron chi connectivity index (χ2n) is 10.3. The first kappa shape index (κ1) is 20.9. The van der Waals surface area contributed by atoms with Gasteiger partial charge in [0, 0.05) is 38.6 Å². The number of carbonyl (C=O) groups excluding carboxylic acids is 1. The van der Waals surface area contributed by atoms with Crippen molar-refractivity contribution in [3.8, 4) is 5.75 Å². The molecule has 4 aliphatic rings. The number of nitrogens with zero attached hydrogens (tertiary/aromatic N) is 2. The lowest BCUT2D eigenvalue weighted by molar-refractivity contribution is -0.145. The zero-order valence-corrected chi connectivity index (χ0v) is 19.2. The number of anilines is 1. The molecule has 2 aliphatic heterocycles. The number of para-hydroxylation sites is 2. The van der Waals surface area contributed by atoms with Gasteiger partial charge in [-0.3, -0.25) is 9.69 Å². The van der Waals surface area contributed by atoms with Gasteiger partial charge in [0.2, 0.25) is 0 Å². The molecule has 2 aliphatic carbocycles. The van der Waals surface area contributed by atoms with Crippen LogP contribution in [0, 0.1) is 23.2 Å². The van der Waals surface area contributed by atoms with Gasteiger partial charge in [-0.25, -0.2) is 0 Å². The van der Waals surface area contributed by atoms with Gasteiger partial charge in [0.05, 0.1) is 18.7 Å². The van der Waals surface area contributed by atoms with Crippen molar-refractivity contribution in [1.82, 2.24) is 4.90 Å². The summed E-state index contributed by atoms with van der Waals surface area (Å²) < 4.78 is 11.5. The Kier molecular flexibility index (Phi) is 5.49. The van der Waals surface area contributed by atoms with Crippen molar-refractivity contribution >= 4 is 11.7 Å². The maximum Gasteiger partial charge on any atom is 0.311 e. The quantitative estimate of drug-likeness (QED) is 0.537. The molecule has 1 saturated carbocycles. The third kappa shape index (κ3) is 3.75. The van der Waals surface area contributed by atoms with Crippen LogP contribution in [0.5, 0.6) is 5.75 Å². The third-order valence-corrected chi connectivity index (χ3v) is 8.33. The van der Waals surface area contributed by atoms with Crippen molar-refractivity contribution in [2.45, 2.75) is 45.6 Å². The van der Waals surface area contributed by atoms with E-state index < -0.39 is 0 Å². The van der Waals surface area contributed by atoms with Crippen molar-refractivity contribution < 1.29 is 14.3 Å². The summed E-state index contributed by atoms with van der Waals surface area (Å²) in [7, 11) is 1.73. The molecular weight excluding hydrogens is 388 g/mol. The lowest BCUT2D eigenvalue weighted by Crippen LogP contribution is -2.49. The SMILES string of the molecule is COc1ccccc1N1CCN(CC2C(=O)OC3CC4(C)CCCC(C)C4=CC32)CC1. The lowest BCUT2D eigenvalue weighted by atomic mass is 9.59. The molecular formula is C26H36N2O3. The molecule has 0 radical (unpaired) electrons. The van der Waals surface area contributed by atoms with Crippen LogP contribution in [0.3, 0.4) is 0 Å². The number of ether oxygens (including phenoxy) is 2. The zero-order valence-electron chi connectivity index (χ0n) is 19.2. The second-order valence-corrected chi connectivity index (χ2v) is 10.3. The van der Waals surface area contributed by atoms with E-state index in [1.807, 2.05) is 12.1 Å². The van der Waals surface area contributed by atoms with E-state index in [0.717, 1.165) is 50.6 Å². The number of allylic oxidation sites excluding steroid dienone is 1. The van der Waals surface area contributed by atoms with Gasteiger partial charge in [0.15, 0.2) is 0 Å². The normalized spacial score (nSPS) is 35.8. The van der Waals surface area contributed by atoms with Gasteiger partial charge in [-0.05, 0) is 42.7 Å². The molecule has 1 aromatic rings. The number of benzene rings is 1. The summed E-state index contributed by atoms with van der Waals surface area (Å²) in [6.45, 7) is 9.40. The highest BCUT2D eigenvalue weighted by molar-refractivity contribution is 5.76. The second kappa shape index (κ2) is 8.16. The van der Waals surface area contributed by atoms with Crippen molar-refractivity contribution in [2.24, 2.45) is 23.2 Å². The summed E-state index contributed by atoms with van der Waals surface area (Å²) in [4.78, 5) is 17.7.